The molecule has 1 fully saturated rings. The Morgan fingerprint density at radius 3 is 2.94 bits per heavy atom. The zero-order chi connectivity index (χ0) is 13.2. The highest BCUT2D eigenvalue weighted by Crippen LogP contribution is 2.26. The molecule has 3 heteroatoms. The second-order valence-electron chi connectivity index (χ2n) is 5.93. The summed E-state index contributed by atoms with van der Waals surface area (Å²) in [5, 5.41) is 12.5. The van der Waals surface area contributed by atoms with Gasteiger partial charge in [0.05, 0.1) is 11.6 Å². The molecule has 0 aliphatic carbocycles. The number of nitrogens with one attached hydrogen (secondary N) is 1. The van der Waals surface area contributed by atoms with Gasteiger partial charge in [-0.1, -0.05) is 19.9 Å². The van der Waals surface area contributed by atoms with Gasteiger partial charge in [-0.2, -0.15) is 5.26 Å². The number of hydrogen-bond acceptors (Lipinski definition) is 3. The highest BCUT2D eigenvalue weighted by Gasteiger charge is 2.28. The first kappa shape index (κ1) is 12.9. The third-order valence-electron chi connectivity index (χ3n) is 3.48. The summed E-state index contributed by atoms with van der Waals surface area (Å²) in [6.45, 7) is 9.81. The average molecular weight is 243 g/mol. The van der Waals surface area contributed by atoms with Crippen molar-refractivity contribution in [1.82, 2.24) is 5.32 Å². The maximum absolute atomic E-state index is 9.00. The number of hydrogen-bond donors (Lipinski definition) is 1. The molecule has 1 unspecified atom stereocenters. The molecule has 1 aromatic carbocycles. The lowest BCUT2D eigenvalue weighted by Crippen LogP contribution is -2.40. The van der Waals surface area contributed by atoms with Crippen molar-refractivity contribution in [3.8, 4) is 6.07 Å². The van der Waals surface area contributed by atoms with Crippen molar-refractivity contribution in [2.75, 3.05) is 24.5 Å². The van der Waals surface area contributed by atoms with Crippen molar-refractivity contribution < 1.29 is 0 Å². The lowest BCUT2D eigenvalue weighted by Gasteiger charge is -2.34. The summed E-state index contributed by atoms with van der Waals surface area (Å²) in [7, 11) is 0. The zero-order valence-corrected chi connectivity index (χ0v) is 11.4. The number of benzene rings is 1. The molecule has 1 aliphatic heterocycles. The minimum absolute atomic E-state index is 0.243. The van der Waals surface area contributed by atoms with Crippen LogP contribution in [0.2, 0.25) is 0 Å². The molecule has 1 heterocycles. The Kier molecular flexibility index (Phi) is 3.58. The van der Waals surface area contributed by atoms with Crippen LogP contribution in [-0.2, 0) is 0 Å². The van der Waals surface area contributed by atoms with Gasteiger partial charge in [0.15, 0.2) is 0 Å². The average Bonchev–Trinajstić information content (AvgIpc) is 2.48. The molecule has 0 radical (unpaired) electrons. The van der Waals surface area contributed by atoms with E-state index in [1.54, 1.807) is 0 Å². The predicted molar refractivity (Wildman–Crippen MR) is 74.6 cm³/mol. The van der Waals surface area contributed by atoms with Crippen molar-refractivity contribution in [3.63, 3.8) is 0 Å². The monoisotopic (exact) mass is 243 g/mol. The first-order chi connectivity index (χ1) is 8.52. The minimum atomic E-state index is 0.243. The number of nitrogens with zero attached hydrogens (tertiary/aromatic N) is 2. The van der Waals surface area contributed by atoms with Gasteiger partial charge in [-0.05, 0) is 30.5 Å². The molecule has 1 aliphatic rings. The van der Waals surface area contributed by atoms with Gasteiger partial charge in [0.25, 0.3) is 0 Å². The van der Waals surface area contributed by atoms with Gasteiger partial charge in [0.1, 0.15) is 0 Å². The number of anilines is 1. The van der Waals surface area contributed by atoms with Crippen LogP contribution < -0.4 is 10.2 Å². The first-order valence-electron chi connectivity index (χ1n) is 6.49. The summed E-state index contributed by atoms with van der Waals surface area (Å²) in [6.07, 6.45) is 0. The Morgan fingerprint density at radius 2 is 2.22 bits per heavy atom. The molecule has 0 amide bonds. The van der Waals surface area contributed by atoms with E-state index in [2.05, 4.69) is 43.1 Å². The van der Waals surface area contributed by atoms with Gasteiger partial charge in [0.2, 0.25) is 0 Å². The lowest BCUT2D eigenvalue weighted by molar-refractivity contribution is 0.369. The maximum atomic E-state index is 9.00. The lowest BCUT2D eigenvalue weighted by atomic mass is 9.93. The van der Waals surface area contributed by atoms with E-state index in [1.165, 1.54) is 0 Å². The van der Waals surface area contributed by atoms with Crippen molar-refractivity contribution in [2.45, 2.75) is 26.8 Å². The van der Waals surface area contributed by atoms with Crippen LogP contribution in [0.15, 0.2) is 24.3 Å². The third kappa shape index (κ3) is 2.83. The number of nitriles is 1. The third-order valence-corrected chi connectivity index (χ3v) is 3.48. The normalized spacial score (nSPS) is 23.2. The van der Waals surface area contributed by atoms with Crippen molar-refractivity contribution in [2.24, 2.45) is 5.41 Å². The van der Waals surface area contributed by atoms with Gasteiger partial charge in [-0.3, -0.25) is 0 Å². The van der Waals surface area contributed by atoms with Crippen LogP contribution in [0.4, 0.5) is 5.69 Å². The molecule has 0 bridgehead atoms. The molecule has 1 saturated heterocycles. The van der Waals surface area contributed by atoms with Crippen LogP contribution in [0, 0.1) is 16.7 Å². The Hall–Kier alpha value is -1.53. The first-order valence-corrected chi connectivity index (χ1v) is 6.49. The SMILES string of the molecule is CC1CNCC(C)(C)CN1c1cccc(C#N)c1. The van der Waals surface area contributed by atoms with E-state index in [0.717, 1.165) is 30.9 Å². The van der Waals surface area contributed by atoms with Crippen LogP contribution in [0.5, 0.6) is 0 Å². The standard InChI is InChI=1S/C15H21N3/c1-12-9-17-10-15(2,3)11-18(12)14-6-4-5-13(7-14)8-16/h4-7,12,17H,9-11H2,1-3H3. The largest absolute Gasteiger partial charge is 0.367 e. The Balaban J connectivity index is 2.31. The van der Waals surface area contributed by atoms with Crippen molar-refractivity contribution in [1.29, 1.82) is 5.26 Å². The highest BCUT2D eigenvalue weighted by atomic mass is 15.2. The fourth-order valence-corrected chi connectivity index (χ4v) is 2.50. The fraction of sp³-hybridized carbons (Fsp3) is 0.533. The molecule has 1 atom stereocenters. The summed E-state index contributed by atoms with van der Waals surface area (Å²) >= 11 is 0. The molecule has 96 valence electrons. The van der Waals surface area contributed by atoms with E-state index in [1.807, 2.05) is 18.2 Å². The van der Waals surface area contributed by atoms with Crippen LogP contribution in [0.25, 0.3) is 0 Å². The highest BCUT2D eigenvalue weighted by molar-refractivity contribution is 5.52. The van der Waals surface area contributed by atoms with E-state index in [-0.39, 0.29) is 5.41 Å². The van der Waals surface area contributed by atoms with Gasteiger partial charge < -0.3 is 10.2 Å². The molecule has 3 nitrogen and oxygen atoms in total. The maximum Gasteiger partial charge on any atom is 0.0992 e. The van der Waals surface area contributed by atoms with E-state index in [4.69, 9.17) is 5.26 Å². The van der Waals surface area contributed by atoms with Crippen LogP contribution in [-0.4, -0.2) is 25.7 Å². The van der Waals surface area contributed by atoms with Gasteiger partial charge in [-0.25, -0.2) is 0 Å². The van der Waals surface area contributed by atoms with Gasteiger partial charge in [-0.15, -0.1) is 0 Å². The van der Waals surface area contributed by atoms with E-state index in [0.29, 0.717) is 6.04 Å². The van der Waals surface area contributed by atoms with Crippen LogP contribution in [0.1, 0.15) is 26.3 Å². The Morgan fingerprint density at radius 1 is 1.44 bits per heavy atom. The van der Waals surface area contributed by atoms with Crippen LogP contribution >= 0.6 is 0 Å². The van der Waals surface area contributed by atoms with Crippen LogP contribution in [0.3, 0.4) is 0 Å². The summed E-state index contributed by atoms with van der Waals surface area (Å²) < 4.78 is 0. The summed E-state index contributed by atoms with van der Waals surface area (Å²) in [6, 6.07) is 10.6. The molecule has 0 aromatic heterocycles. The molecule has 0 saturated carbocycles. The Bertz CT molecular complexity index is 459. The molecular formula is C15H21N3. The summed E-state index contributed by atoms with van der Waals surface area (Å²) in [5.41, 5.74) is 2.13. The fourth-order valence-electron chi connectivity index (χ4n) is 2.50. The summed E-state index contributed by atoms with van der Waals surface area (Å²) in [5.74, 6) is 0. The van der Waals surface area contributed by atoms with E-state index < -0.39 is 0 Å². The molecule has 0 spiro atoms. The van der Waals surface area contributed by atoms with Crippen molar-refractivity contribution in [3.05, 3.63) is 29.8 Å². The molecular weight excluding hydrogens is 222 g/mol. The molecule has 1 N–H and O–H groups in total. The molecule has 18 heavy (non-hydrogen) atoms. The smallest absolute Gasteiger partial charge is 0.0992 e. The number of rotatable bonds is 1. The summed E-state index contributed by atoms with van der Waals surface area (Å²) in [4.78, 5) is 2.40. The minimum Gasteiger partial charge on any atom is -0.367 e. The quantitative estimate of drug-likeness (QED) is 0.823. The molecule has 2 rings (SSSR count). The second-order valence-corrected chi connectivity index (χ2v) is 5.93. The molecule has 1 aromatic rings. The second kappa shape index (κ2) is 4.99. The van der Waals surface area contributed by atoms with Gasteiger partial charge in [0, 0.05) is 31.4 Å². The Labute approximate surface area is 109 Å². The van der Waals surface area contributed by atoms with E-state index >= 15 is 0 Å². The topological polar surface area (TPSA) is 39.1 Å². The van der Waals surface area contributed by atoms with Crippen molar-refractivity contribution >= 4 is 5.69 Å². The van der Waals surface area contributed by atoms with E-state index in [9.17, 15) is 0 Å². The predicted octanol–water partition coefficient (Wildman–Crippen LogP) is 2.38. The van der Waals surface area contributed by atoms with Gasteiger partial charge >= 0.3 is 0 Å². The zero-order valence-electron chi connectivity index (χ0n) is 11.4.